The Morgan fingerprint density at radius 2 is 1.77 bits per heavy atom. The smallest absolute Gasteiger partial charge is 0.358 e. The van der Waals surface area contributed by atoms with Crippen molar-refractivity contribution in [2.75, 3.05) is 0 Å². The molecule has 0 aliphatic rings. The average Bonchev–Trinajstić information content (AvgIpc) is 3.25. The molecule has 0 radical (unpaired) electrons. The predicted octanol–water partition coefficient (Wildman–Crippen LogP) is -1.61. The minimum Gasteiger partial charge on any atom is -0.358 e. The molecule has 4 rings (SSSR count). The summed E-state index contributed by atoms with van der Waals surface area (Å²) in [5.41, 5.74) is 0.731. The maximum atomic E-state index is 10.8. The Labute approximate surface area is 117 Å². The third-order valence-electron chi connectivity index (χ3n) is 2.68. The molecule has 0 amide bonds. The fraction of sp³-hybridized carbons (Fsp3) is 0. The molecule has 0 aliphatic heterocycles. The van der Waals surface area contributed by atoms with E-state index in [9.17, 15) is 10.1 Å². The molecule has 15 nitrogen and oxygen atoms in total. The van der Waals surface area contributed by atoms with E-state index in [0.29, 0.717) is 5.56 Å². The van der Waals surface area contributed by atoms with Crippen molar-refractivity contribution in [2.45, 2.75) is 0 Å². The van der Waals surface area contributed by atoms with E-state index < -0.39 is 10.7 Å². The van der Waals surface area contributed by atoms with Crippen molar-refractivity contribution >= 4 is 11.5 Å². The summed E-state index contributed by atoms with van der Waals surface area (Å²) in [5, 5.41) is 49.1. The fourth-order valence-corrected chi connectivity index (χ4v) is 1.82. The van der Waals surface area contributed by atoms with Crippen LogP contribution in [0.4, 0.5) is 5.82 Å². The Hall–Kier alpha value is -3.91. The highest BCUT2D eigenvalue weighted by Crippen LogP contribution is 2.29. The van der Waals surface area contributed by atoms with E-state index in [1.54, 1.807) is 0 Å². The zero-order chi connectivity index (χ0) is 15.1. The van der Waals surface area contributed by atoms with Gasteiger partial charge in [-0.3, -0.25) is 0 Å². The van der Waals surface area contributed by atoms with Crippen molar-refractivity contribution < 1.29 is 4.92 Å². The van der Waals surface area contributed by atoms with Crippen LogP contribution in [0.1, 0.15) is 0 Å². The molecule has 22 heavy (non-hydrogen) atoms. The summed E-state index contributed by atoms with van der Waals surface area (Å²) in [6, 6.07) is 0. The largest absolute Gasteiger partial charge is 0.409 e. The molecule has 0 spiro atoms. The zero-order valence-corrected chi connectivity index (χ0v) is 10.3. The number of tetrazole rings is 2. The molecule has 108 valence electrons. The topological polar surface area (TPSA) is 195 Å². The average molecular weight is 301 g/mol. The Bertz CT molecular complexity index is 954. The van der Waals surface area contributed by atoms with Crippen molar-refractivity contribution in [3.05, 3.63) is 16.3 Å². The summed E-state index contributed by atoms with van der Waals surface area (Å²) in [6.45, 7) is 0. The predicted molar refractivity (Wildman–Crippen MR) is 63.8 cm³/mol. The third kappa shape index (κ3) is 1.65. The molecular formula is C7H3N13O2. The summed E-state index contributed by atoms with van der Waals surface area (Å²) in [5.74, 6) is -0.153. The Morgan fingerprint density at radius 1 is 1.05 bits per heavy atom. The van der Waals surface area contributed by atoms with Gasteiger partial charge in [-0.2, -0.15) is 15.5 Å². The van der Waals surface area contributed by atoms with Gasteiger partial charge in [-0.05, 0) is 20.4 Å². The Kier molecular flexibility index (Phi) is 2.32. The van der Waals surface area contributed by atoms with Crippen LogP contribution in [0.25, 0.3) is 28.6 Å². The van der Waals surface area contributed by atoms with Crippen LogP contribution in [0.5, 0.6) is 0 Å². The minimum absolute atomic E-state index is 0.146. The van der Waals surface area contributed by atoms with Gasteiger partial charge in [0.1, 0.15) is 17.5 Å². The summed E-state index contributed by atoms with van der Waals surface area (Å²) >= 11 is 0. The van der Waals surface area contributed by atoms with Gasteiger partial charge in [-0.25, -0.2) is 4.52 Å². The van der Waals surface area contributed by atoms with Gasteiger partial charge in [0.15, 0.2) is 0 Å². The maximum Gasteiger partial charge on any atom is 0.409 e. The molecule has 15 heteroatoms. The van der Waals surface area contributed by atoms with E-state index in [-0.39, 0.29) is 23.0 Å². The SMILES string of the molecule is O=[N+]([O-])c1cn2nc(-c3nn[nH]n3)c(-c3nn[nH]n3)c2nn1. The molecule has 0 saturated carbocycles. The van der Waals surface area contributed by atoms with Crippen molar-refractivity contribution in [3.8, 4) is 22.9 Å². The number of nitro groups is 1. The maximum absolute atomic E-state index is 10.8. The lowest BCUT2D eigenvalue weighted by molar-refractivity contribution is -0.390. The normalized spacial score (nSPS) is 11.1. The molecule has 4 aromatic heterocycles. The second kappa shape index (κ2) is 4.30. The molecule has 0 bridgehead atoms. The number of rotatable bonds is 3. The highest BCUT2D eigenvalue weighted by molar-refractivity contribution is 5.84. The van der Waals surface area contributed by atoms with Crippen molar-refractivity contribution in [1.29, 1.82) is 0 Å². The molecule has 0 atom stereocenters. The molecule has 0 aliphatic carbocycles. The number of nitrogens with one attached hydrogen (secondary N) is 2. The van der Waals surface area contributed by atoms with Gasteiger partial charge in [-0.15, -0.1) is 20.4 Å². The van der Waals surface area contributed by atoms with Crippen LogP contribution < -0.4 is 0 Å². The lowest BCUT2D eigenvalue weighted by atomic mass is 10.2. The second-order valence-corrected chi connectivity index (χ2v) is 3.91. The summed E-state index contributed by atoms with van der Waals surface area (Å²) in [6.07, 6.45) is 1.11. The van der Waals surface area contributed by atoms with Crippen LogP contribution in [0.3, 0.4) is 0 Å². The van der Waals surface area contributed by atoms with Gasteiger partial charge in [-0.1, -0.05) is 0 Å². The third-order valence-corrected chi connectivity index (χ3v) is 2.68. The zero-order valence-electron chi connectivity index (χ0n) is 10.3. The highest BCUT2D eigenvalue weighted by atomic mass is 16.6. The quantitative estimate of drug-likeness (QED) is 0.326. The van der Waals surface area contributed by atoms with Gasteiger partial charge in [0, 0.05) is 0 Å². The van der Waals surface area contributed by atoms with Gasteiger partial charge in [0.25, 0.3) is 0 Å². The van der Waals surface area contributed by atoms with Gasteiger partial charge in [0.2, 0.25) is 17.3 Å². The molecule has 0 fully saturated rings. The van der Waals surface area contributed by atoms with E-state index in [1.165, 1.54) is 4.52 Å². The second-order valence-electron chi connectivity index (χ2n) is 3.91. The monoisotopic (exact) mass is 301 g/mol. The molecular weight excluding hydrogens is 298 g/mol. The first kappa shape index (κ1) is 11.9. The van der Waals surface area contributed by atoms with Crippen LogP contribution in [-0.4, -0.2) is 66.0 Å². The van der Waals surface area contributed by atoms with Gasteiger partial charge < -0.3 is 10.1 Å². The van der Waals surface area contributed by atoms with E-state index in [2.05, 4.69) is 56.5 Å². The van der Waals surface area contributed by atoms with Crippen LogP contribution >= 0.6 is 0 Å². The number of aromatic amines is 2. The molecule has 2 N–H and O–H groups in total. The number of hydrogen-bond acceptors (Lipinski definition) is 11. The van der Waals surface area contributed by atoms with Crippen molar-refractivity contribution in [2.24, 2.45) is 0 Å². The Balaban J connectivity index is 2.05. The summed E-state index contributed by atoms with van der Waals surface area (Å²) in [4.78, 5) is 10.1. The fourth-order valence-electron chi connectivity index (χ4n) is 1.82. The summed E-state index contributed by atoms with van der Waals surface area (Å²) in [7, 11) is 0. The van der Waals surface area contributed by atoms with Gasteiger partial charge in [0.05, 0.1) is 5.10 Å². The van der Waals surface area contributed by atoms with Crippen LogP contribution in [0, 0.1) is 10.1 Å². The minimum atomic E-state index is -0.684. The van der Waals surface area contributed by atoms with E-state index in [1.807, 2.05) is 0 Å². The first-order valence-corrected chi connectivity index (χ1v) is 5.62. The standard InChI is InChI=1S/C7H3N13O2/c21-20(22)2-1-19-7(13-8-2)3(5-9-15-16-10-5)4(14-19)6-11-17-18-12-6/h1H,(H,9,10,15,16)(H,11,12,17,18). The first-order chi connectivity index (χ1) is 10.7. The number of nitrogens with zero attached hydrogens (tertiary/aromatic N) is 11. The molecule has 4 aromatic rings. The van der Waals surface area contributed by atoms with Crippen molar-refractivity contribution in [3.63, 3.8) is 0 Å². The number of H-pyrrole nitrogens is 2. The van der Waals surface area contributed by atoms with E-state index in [0.717, 1.165) is 6.20 Å². The van der Waals surface area contributed by atoms with Gasteiger partial charge >= 0.3 is 5.82 Å². The molecule has 0 aromatic carbocycles. The lowest BCUT2D eigenvalue weighted by Crippen LogP contribution is -1.99. The number of hydrogen-bond donors (Lipinski definition) is 2. The van der Waals surface area contributed by atoms with Crippen LogP contribution in [0.2, 0.25) is 0 Å². The van der Waals surface area contributed by atoms with Crippen LogP contribution in [0.15, 0.2) is 6.20 Å². The molecule has 0 unspecified atom stereocenters. The van der Waals surface area contributed by atoms with Crippen molar-refractivity contribution in [1.82, 2.24) is 61.1 Å². The van der Waals surface area contributed by atoms with E-state index >= 15 is 0 Å². The highest BCUT2D eigenvalue weighted by Gasteiger charge is 2.26. The van der Waals surface area contributed by atoms with Crippen LogP contribution in [-0.2, 0) is 0 Å². The number of aromatic nitrogens is 12. The molecule has 4 heterocycles. The Morgan fingerprint density at radius 3 is 2.41 bits per heavy atom. The summed E-state index contributed by atoms with van der Waals surface area (Å²) < 4.78 is 1.17. The number of fused-ring (bicyclic) bond motifs is 1. The van der Waals surface area contributed by atoms with E-state index in [4.69, 9.17) is 0 Å². The first-order valence-electron chi connectivity index (χ1n) is 5.62. The lowest BCUT2D eigenvalue weighted by Gasteiger charge is -1.92. The molecule has 0 saturated heterocycles.